The number of nitrogens with zero attached hydrogens (tertiary/aromatic N) is 5. The summed E-state index contributed by atoms with van der Waals surface area (Å²) in [5, 5.41) is 17.3. The van der Waals surface area contributed by atoms with E-state index < -0.39 is 0 Å². The van der Waals surface area contributed by atoms with E-state index in [9.17, 15) is 9.18 Å². The van der Waals surface area contributed by atoms with E-state index in [-0.39, 0.29) is 29.4 Å². The molecule has 0 amide bonds. The monoisotopic (exact) mass is 447 g/mol. The maximum Gasteiger partial charge on any atom is 0.274 e. The summed E-state index contributed by atoms with van der Waals surface area (Å²) < 4.78 is 17.0. The van der Waals surface area contributed by atoms with Crippen LogP contribution in [0.3, 0.4) is 0 Å². The second kappa shape index (κ2) is 8.08. The lowest BCUT2D eigenvalue weighted by molar-refractivity contribution is 0.478. The lowest BCUT2D eigenvalue weighted by atomic mass is 9.83. The molecule has 1 aliphatic rings. The molecule has 0 unspecified atom stereocenters. The molecule has 3 heterocycles. The Kier molecular flexibility index (Phi) is 5.20. The minimum absolute atomic E-state index is 0.117. The Morgan fingerprint density at radius 1 is 1.21 bits per heavy atom. The maximum atomic E-state index is 13.7. The summed E-state index contributed by atoms with van der Waals surface area (Å²) in [5.41, 5.74) is 3.36. The molecule has 8 nitrogen and oxygen atoms in total. The highest BCUT2D eigenvalue weighted by molar-refractivity contribution is 5.98. The second-order valence-corrected chi connectivity index (χ2v) is 8.72. The number of aromatic nitrogens is 5. The van der Waals surface area contributed by atoms with Crippen molar-refractivity contribution in [2.45, 2.75) is 38.4 Å². The Labute approximate surface area is 190 Å². The molecule has 0 fully saturated rings. The Morgan fingerprint density at radius 2 is 1.97 bits per heavy atom. The fraction of sp³-hybridized carbons (Fsp3) is 0.333. The van der Waals surface area contributed by atoms with Gasteiger partial charge in [0.05, 0.1) is 29.1 Å². The van der Waals surface area contributed by atoms with Crippen LogP contribution < -0.4 is 16.2 Å². The molecule has 4 aromatic rings. The summed E-state index contributed by atoms with van der Waals surface area (Å²) in [4.78, 5) is 17.9. The molecule has 33 heavy (non-hydrogen) atoms. The quantitative estimate of drug-likeness (QED) is 0.488. The third-order valence-corrected chi connectivity index (χ3v) is 6.17. The summed E-state index contributed by atoms with van der Waals surface area (Å²) in [6.07, 6.45) is 1.51. The predicted octanol–water partition coefficient (Wildman–Crippen LogP) is 3.26. The van der Waals surface area contributed by atoms with Crippen molar-refractivity contribution in [1.29, 1.82) is 0 Å². The number of aryl methyl sites for hydroxylation is 1. The highest BCUT2D eigenvalue weighted by atomic mass is 19.1. The van der Waals surface area contributed by atoms with Crippen LogP contribution in [0, 0.1) is 5.82 Å². The number of hydrogen-bond acceptors (Lipinski definition) is 6. The fourth-order valence-electron chi connectivity index (χ4n) is 4.68. The van der Waals surface area contributed by atoms with Crippen molar-refractivity contribution >= 4 is 16.5 Å². The summed E-state index contributed by atoms with van der Waals surface area (Å²) >= 11 is 0. The molecule has 2 N–H and O–H groups in total. The molecule has 5 rings (SSSR count). The van der Waals surface area contributed by atoms with Gasteiger partial charge in [-0.2, -0.15) is 10.2 Å². The average Bonchev–Trinajstić information content (AvgIpc) is 3.21. The second-order valence-electron chi connectivity index (χ2n) is 8.72. The Morgan fingerprint density at radius 3 is 2.61 bits per heavy atom. The van der Waals surface area contributed by atoms with E-state index in [0.717, 1.165) is 27.9 Å². The van der Waals surface area contributed by atoms with Crippen LogP contribution in [0.15, 0.2) is 47.5 Å². The van der Waals surface area contributed by atoms with E-state index in [1.54, 1.807) is 21.5 Å². The molecule has 2 aromatic heterocycles. The lowest BCUT2D eigenvalue weighted by Gasteiger charge is -2.35. The van der Waals surface area contributed by atoms with Gasteiger partial charge in [-0.3, -0.25) is 9.48 Å². The maximum absolute atomic E-state index is 13.7. The molecule has 0 bridgehead atoms. The Hall–Kier alpha value is -3.59. The van der Waals surface area contributed by atoms with Crippen molar-refractivity contribution in [3.05, 3.63) is 81.5 Å². The molecule has 2 aromatic carbocycles. The normalized spacial score (nSPS) is 17.5. The number of benzene rings is 2. The van der Waals surface area contributed by atoms with Gasteiger partial charge in [-0.25, -0.2) is 14.1 Å². The van der Waals surface area contributed by atoms with Crippen LogP contribution in [0.1, 0.15) is 54.5 Å². The number of hydrogen-bond donors (Lipinski definition) is 2. The van der Waals surface area contributed by atoms with Crippen LogP contribution in [0.2, 0.25) is 0 Å². The van der Waals surface area contributed by atoms with Gasteiger partial charge in [0.15, 0.2) is 0 Å². The van der Waals surface area contributed by atoms with Gasteiger partial charge in [0.2, 0.25) is 0 Å². The zero-order valence-electron chi connectivity index (χ0n) is 19.0. The van der Waals surface area contributed by atoms with E-state index in [1.807, 2.05) is 40.1 Å². The Balaban J connectivity index is 1.85. The first-order valence-electron chi connectivity index (χ1n) is 11.0. The molecule has 9 heteroatoms. The topological polar surface area (TPSA) is 89.7 Å². The van der Waals surface area contributed by atoms with Crippen molar-refractivity contribution in [2.75, 3.05) is 12.4 Å². The predicted molar refractivity (Wildman–Crippen MR) is 125 cm³/mol. The summed E-state index contributed by atoms with van der Waals surface area (Å²) in [5.74, 6) is 0.0820. The van der Waals surface area contributed by atoms with E-state index in [2.05, 4.69) is 20.7 Å². The molecule has 0 saturated heterocycles. The molecule has 0 spiro atoms. The van der Waals surface area contributed by atoms with E-state index in [0.29, 0.717) is 17.8 Å². The molecule has 170 valence electrons. The summed E-state index contributed by atoms with van der Waals surface area (Å²) in [6.45, 7) is 4.51. The van der Waals surface area contributed by atoms with Gasteiger partial charge < -0.3 is 10.6 Å². The summed E-state index contributed by atoms with van der Waals surface area (Å²) in [6, 6.07) is 10.0. The van der Waals surface area contributed by atoms with E-state index in [1.165, 1.54) is 18.5 Å². The highest BCUT2D eigenvalue weighted by Crippen LogP contribution is 2.46. The third-order valence-electron chi connectivity index (χ3n) is 6.17. The zero-order chi connectivity index (χ0) is 23.3. The van der Waals surface area contributed by atoms with Gasteiger partial charge in [-0.1, -0.05) is 12.1 Å². The zero-order valence-corrected chi connectivity index (χ0v) is 19.0. The first kappa shape index (κ1) is 21.3. The van der Waals surface area contributed by atoms with Crippen molar-refractivity contribution in [2.24, 2.45) is 7.05 Å². The van der Waals surface area contributed by atoms with Gasteiger partial charge in [-0.15, -0.1) is 0 Å². The molecule has 0 radical (unpaired) electrons. The SMILES string of the molecule is CNCc1cc2c3c(nn(C(C)C)c(=O)c3c1)[C@H](c1ncnn1C)[C@@H](c1ccc(F)cc1)N2. The van der Waals surface area contributed by atoms with Crippen molar-refractivity contribution in [3.8, 4) is 0 Å². The van der Waals surface area contributed by atoms with Gasteiger partial charge in [0, 0.05) is 24.7 Å². The van der Waals surface area contributed by atoms with Crippen LogP contribution in [-0.4, -0.2) is 31.6 Å². The molecular formula is C24H26FN7O. The van der Waals surface area contributed by atoms with Gasteiger partial charge >= 0.3 is 0 Å². The van der Waals surface area contributed by atoms with Gasteiger partial charge in [-0.05, 0) is 56.3 Å². The highest BCUT2D eigenvalue weighted by Gasteiger charge is 2.38. The van der Waals surface area contributed by atoms with Crippen molar-refractivity contribution in [3.63, 3.8) is 0 Å². The molecule has 2 atom stereocenters. The number of rotatable bonds is 5. The van der Waals surface area contributed by atoms with Gasteiger partial charge in [0.25, 0.3) is 5.56 Å². The first-order valence-corrected chi connectivity index (χ1v) is 11.0. The lowest BCUT2D eigenvalue weighted by Crippen LogP contribution is -2.33. The largest absolute Gasteiger partial charge is 0.377 e. The first-order chi connectivity index (χ1) is 15.9. The minimum Gasteiger partial charge on any atom is -0.377 e. The number of halogens is 1. The van der Waals surface area contributed by atoms with Crippen LogP contribution in [-0.2, 0) is 13.6 Å². The molecule has 0 aliphatic carbocycles. The van der Waals surface area contributed by atoms with Gasteiger partial charge in [0.1, 0.15) is 18.0 Å². The van der Waals surface area contributed by atoms with Crippen LogP contribution in [0.5, 0.6) is 0 Å². The standard InChI is InChI=1S/C24H26FN7O/c1-13(2)32-24(33)17-9-14(11-26-3)10-18-19(17)22(30-32)20(23-27-12-28-31(23)4)21(29-18)15-5-7-16(25)8-6-15/h5-10,12-13,20-21,26,29H,11H2,1-4H3/t20-,21-/m1/s1. The van der Waals surface area contributed by atoms with Crippen LogP contribution in [0.4, 0.5) is 10.1 Å². The third kappa shape index (κ3) is 3.48. The number of anilines is 1. The van der Waals surface area contributed by atoms with E-state index in [4.69, 9.17) is 5.10 Å². The fourth-order valence-corrected chi connectivity index (χ4v) is 4.68. The van der Waals surface area contributed by atoms with Crippen molar-refractivity contribution in [1.82, 2.24) is 29.9 Å². The van der Waals surface area contributed by atoms with Crippen molar-refractivity contribution < 1.29 is 4.39 Å². The average molecular weight is 448 g/mol. The molecular weight excluding hydrogens is 421 g/mol. The minimum atomic E-state index is -0.335. The Bertz CT molecular complexity index is 1390. The summed E-state index contributed by atoms with van der Waals surface area (Å²) in [7, 11) is 3.71. The smallest absolute Gasteiger partial charge is 0.274 e. The molecule has 1 aliphatic heterocycles. The van der Waals surface area contributed by atoms with E-state index >= 15 is 0 Å². The van der Waals surface area contributed by atoms with Crippen LogP contribution >= 0.6 is 0 Å². The number of nitrogens with one attached hydrogen (secondary N) is 2. The molecule has 0 saturated carbocycles. The van der Waals surface area contributed by atoms with Crippen LogP contribution in [0.25, 0.3) is 10.8 Å².